The number of hydrogen-bond acceptors (Lipinski definition) is 8. The first-order valence-electron chi connectivity index (χ1n) is 11.1. The third-order valence-electron chi connectivity index (χ3n) is 5.48. The zero-order chi connectivity index (χ0) is 26.3. The minimum Gasteiger partial charge on any atom is -0.360 e. The number of rotatable bonds is 6. The van der Waals surface area contributed by atoms with Crippen LogP contribution in [0.1, 0.15) is 16.9 Å². The molecule has 0 saturated carbocycles. The Bertz CT molecular complexity index is 1770. The van der Waals surface area contributed by atoms with Crippen molar-refractivity contribution in [3.05, 3.63) is 85.5 Å². The highest BCUT2D eigenvalue weighted by atomic mass is 32.2. The van der Waals surface area contributed by atoms with Crippen LogP contribution in [-0.2, 0) is 4.79 Å². The van der Waals surface area contributed by atoms with Crippen LogP contribution in [-0.4, -0.2) is 30.9 Å². The molecule has 0 aliphatic carbocycles. The third-order valence-corrected chi connectivity index (χ3v) is 7.77. The summed E-state index contributed by atoms with van der Waals surface area (Å²) in [5, 5.41) is 6.69. The number of hydrogen-bond donors (Lipinski definition) is 1. The molecule has 0 fully saturated rings. The fraction of sp³-hybridized carbons (Fsp3) is 0.160. The van der Waals surface area contributed by atoms with E-state index in [0.717, 1.165) is 39.9 Å². The third kappa shape index (κ3) is 4.99. The largest absolute Gasteiger partial charge is 0.360 e. The highest BCUT2D eigenvalue weighted by Crippen LogP contribution is 2.29. The van der Waals surface area contributed by atoms with Crippen LogP contribution in [0.15, 0.2) is 63.0 Å². The average molecular weight is 554 g/mol. The van der Waals surface area contributed by atoms with E-state index in [1.165, 1.54) is 28.8 Å². The summed E-state index contributed by atoms with van der Waals surface area (Å²) in [6, 6.07) is 13.1. The molecule has 37 heavy (non-hydrogen) atoms. The van der Waals surface area contributed by atoms with Gasteiger partial charge < -0.3 is 9.84 Å². The molecule has 12 heteroatoms. The van der Waals surface area contributed by atoms with Crippen molar-refractivity contribution < 1.29 is 13.7 Å². The molecule has 8 nitrogen and oxygen atoms in total. The second kappa shape index (κ2) is 10.0. The van der Waals surface area contributed by atoms with Crippen molar-refractivity contribution in [1.82, 2.24) is 19.3 Å². The summed E-state index contributed by atoms with van der Waals surface area (Å²) in [5.41, 5.74) is 3.38. The number of thiazole rings is 1. The van der Waals surface area contributed by atoms with Crippen molar-refractivity contribution in [2.24, 2.45) is 0 Å². The molecule has 0 aliphatic heterocycles. The number of nitrogens with one attached hydrogen (secondary N) is 1. The Morgan fingerprint density at radius 2 is 1.89 bits per heavy atom. The van der Waals surface area contributed by atoms with Crippen molar-refractivity contribution in [3.63, 3.8) is 0 Å². The van der Waals surface area contributed by atoms with Crippen LogP contribution < -0.4 is 10.9 Å². The fourth-order valence-corrected chi connectivity index (χ4v) is 5.95. The smallest absolute Gasteiger partial charge is 0.278 e. The van der Waals surface area contributed by atoms with Crippen molar-refractivity contribution >= 4 is 57.4 Å². The van der Waals surface area contributed by atoms with Gasteiger partial charge in [-0.2, -0.15) is 0 Å². The lowest BCUT2D eigenvalue weighted by Gasteiger charge is -2.13. The fourth-order valence-electron chi connectivity index (χ4n) is 3.85. The Morgan fingerprint density at radius 3 is 2.57 bits per heavy atom. The number of nitrogens with zero attached hydrogens (tertiary/aromatic N) is 4. The Labute approximate surface area is 223 Å². The normalized spacial score (nSPS) is 11.2. The molecule has 0 radical (unpaired) electrons. The molecule has 0 aliphatic rings. The van der Waals surface area contributed by atoms with Gasteiger partial charge >= 0.3 is 0 Å². The van der Waals surface area contributed by atoms with Gasteiger partial charge in [0.2, 0.25) is 5.91 Å². The van der Waals surface area contributed by atoms with Gasteiger partial charge in [-0.1, -0.05) is 46.0 Å². The first kappa shape index (κ1) is 25.1. The maximum Gasteiger partial charge on any atom is 0.278 e. The van der Waals surface area contributed by atoms with E-state index in [-0.39, 0.29) is 22.4 Å². The van der Waals surface area contributed by atoms with Gasteiger partial charge in [0.1, 0.15) is 16.3 Å². The molecule has 0 atom stereocenters. The average Bonchev–Trinajstić information content (AvgIpc) is 3.41. The lowest BCUT2D eigenvalue weighted by atomic mass is 10.1. The van der Waals surface area contributed by atoms with Gasteiger partial charge in [0.05, 0.1) is 17.1 Å². The maximum absolute atomic E-state index is 13.8. The molecule has 0 bridgehead atoms. The van der Waals surface area contributed by atoms with E-state index in [9.17, 15) is 14.0 Å². The molecule has 0 unspecified atom stereocenters. The van der Waals surface area contributed by atoms with E-state index < -0.39 is 5.82 Å². The molecule has 5 aromatic rings. The number of thioether (sulfide) groups is 1. The van der Waals surface area contributed by atoms with E-state index >= 15 is 0 Å². The number of amides is 1. The van der Waals surface area contributed by atoms with Gasteiger partial charge in [-0.05, 0) is 68.9 Å². The van der Waals surface area contributed by atoms with Gasteiger partial charge in [0.15, 0.2) is 20.6 Å². The molecule has 1 amide bonds. The SMILES string of the molecule is Cc1ccc(-n2c(=S)sc3c(=O)n(-c4ccc(F)cc4)c(SCC(=O)Nc4cc(C)on4)nc32)c(C)c1. The quantitative estimate of drug-likeness (QED) is 0.163. The van der Waals surface area contributed by atoms with E-state index in [4.69, 9.17) is 21.7 Å². The highest BCUT2D eigenvalue weighted by molar-refractivity contribution is 7.99. The Morgan fingerprint density at radius 1 is 1.14 bits per heavy atom. The van der Waals surface area contributed by atoms with Crippen LogP contribution in [0.4, 0.5) is 10.2 Å². The molecule has 3 aromatic heterocycles. The topological polar surface area (TPSA) is 95.0 Å². The minimum atomic E-state index is -0.432. The molecular formula is C25H20FN5O3S3. The number of aromatic nitrogens is 4. The number of fused-ring (bicyclic) bond motifs is 1. The van der Waals surface area contributed by atoms with Crippen LogP contribution in [0, 0.1) is 30.5 Å². The van der Waals surface area contributed by atoms with E-state index in [1.54, 1.807) is 17.6 Å². The number of carbonyl (C=O) groups is 1. The van der Waals surface area contributed by atoms with Crippen molar-refractivity contribution in [2.45, 2.75) is 25.9 Å². The van der Waals surface area contributed by atoms with Crippen LogP contribution in [0.3, 0.4) is 0 Å². The molecule has 3 heterocycles. The maximum atomic E-state index is 13.8. The summed E-state index contributed by atoms with van der Waals surface area (Å²) < 4.78 is 22.6. The molecule has 0 saturated heterocycles. The monoisotopic (exact) mass is 553 g/mol. The van der Waals surface area contributed by atoms with E-state index in [0.29, 0.717) is 31.6 Å². The predicted molar refractivity (Wildman–Crippen MR) is 145 cm³/mol. The predicted octanol–water partition coefficient (Wildman–Crippen LogP) is 5.75. The number of benzene rings is 2. The van der Waals surface area contributed by atoms with Crippen molar-refractivity contribution in [3.8, 4) is 11.4 Å². The number of anilines is 1. The molecule has 5 rings (SSSR count). The number of carbonyl (C=O) groups excluding carboxylic acids is 1. The molecule has 188 valence electrons. The first-order chi connectivity index (χ1) is 17.7. The summed E-state index contributed by atoms with van der Waals surface area (Å²) in [4.78, 5) is 31.2. The van der Waals surface area contributed by atoms with Gasteiger partial charge in [-0.25, -0.2) is 9.37 Å². The molecule has 0 spiro atoms. The van der Waals surface area contributed by atoms with Crippen LogP contribution >= 0.6 is 35.3 Å². The zero-order valence-corrected chi connectivity index (χ0v) is 22.4. The first-order valence-corrected chi connectivity index (χ1v) is 13.3. The molecule has 1 N–H and O–H groups in total. The van der Waals surface area contributed by atoms with Crippen LogP contribution in [0.2, 0.25) is 0 Å². The summed E-state index contributed by atoms with van der Waals surface area (Å²) >= 11 is 7.88. The summed E-state index contributed by atoms with van der Waals surface area (Å²) in [5.74, 6) is 0.0188. The number of aryl methyl sites for hydroxylation is 3. The van der Waals surface area contributed by atoms with Gasteiger partial charge in [0.25, 0.3) is 5.56 Å². The lowest BCUT2D eigenvalue weighted by Crippen LogP contribution is -2.23. The second-order valence-corrected chi connectivity index (χ2v) is 10.9. The minimum absolute atomic E-state index is 0.0561. The Balaban J connectivity index is 1.63. The van der Waals surface area contributed by atoms with Crippen LogP contribution in [0.25, 0.3) is 21.7 Å². The van der Waals surface area contributed by atoms with Crippen molar-refractivity contribution in [1.29, 1.82) is 0 Å². The van der Waals surface area contributed by atoms with Gasteiger partial charge in [-0.3, -0.25) is 18.7 Å². The van der Waals surface area contributed by atoms with Gasteiger partial charge in [-0.15, -0.1) is 0 Å². The summed E-state index contributed by atoms with van der Waals surface area (Å²) in [6.45, 7) is 5.69. The lowest BCUT2D eigenvalue weighted by molar-refractivity contribution is -0.113. The highest BCUT2D eigenvalue weighted by Gasteiger charge is 2.21. The molecule has 2 aromatic carbocycles. The number of halogens is 1. The van der Waals surface area contributed by atoms with Crippen LogP contribution in [0.5, 0.6) is 0 Å². The Hall–Kier alpha value is -3.61. The summed E-state index contributed by atoms with van der Waals surface area (Å²) in [7, 11) is 0. The van der Waals surface area contributed by atoms with E-state index in [2.05, 4.69) is 10.5 Å². The summed E-state index contributed by atoms with van der Waals surface area (Å²) in [6.07, 6.45) is 0. The standard InChI is InChI=1S/C25H20FN5O3S3/c1-13-4-9-18(14(2)10-13)31-22-21(37-25(31)35)23(33)30(17-7-5-16(26)6-8-17)24(28-22)36-12-20(32)27-19-11-15(3)34-29-19/h4-11H,12H2,1-3H3,(H,27,29,32). The van der Waals surface area contributed by atoms with E-state index in [1.807, 2.05) is 32.0 Å². The Kier molecular flexibility index (Phi) is 6.80. The zero-order valence-electron chi connectivity index (χ0n) is 19.9. The van der Waals surface area contributed by atoms with Crippen molar-refractivity contribution in [2.75, 3.05) is 11.1 Å². The molecular weight excluding hydrogens is 534 g/mol. The second-order valence-electron chi connectivity index (χ2n) is 8.32. The van der Waals surface area contributed by atoms with Gasteiger partial charge in [0, 0.05) is 6.07 Å².